The lowest BCUT2D eigenvalue weighted by atomic mass is 10.3. The fourth-order valence-corrected chi connectivity index (χ4v) is 1.74. The zero-order valence-corrected chi connectivity index (χ0v) is 12.2. The maximum absolute atomic E-state index is 11.3. The number of hydrogen-bond acceptors (Lipinski definition) is 6. The average Bonchev–Trinajstić information content (AvgIpc) is 2.38. The zero-order valence-electron chi connectivity index (χ0n) is 10.7. The highest BCUT2D eigenvalue weighted by Gasteiger charge is 2.16. The van der Waals surface area contributed by atoms with Crippen LogP contribution in [0.2, 0.25) is 0 Å². The fourth-order valence-electron chi connectivity index (χ4n) is 1.28. The van der Waals surface area contributed by atoms with Crippen molar-refractivity contribution in [1.82, 2.24) is 9.97 Å². The largest absolute Gasteiger partial charge is 0.467 e. The van der Waals surface area contributed by atoms with E-state index in [1.807, 2.05) is 0 Å². The summed E-state index contributed by atoms with van der Waals surface area (Å²) in [6.45, 7) is 4.60. The van der Waals surface area contributed by atoms with E-state index < -0.39 is 6.04 Å². The third kappa shape index (κ3) is 3.83. The van der Waals surface area contributed by atoms with Crippen molar-refractivity contribution in [3.8, 4) is 0 Å². The third-order valence-electron chi connectivity index (χ3n) is 2.24. The predicted octanol–water partition coefficient (Wildman–Crippen LogP) is 2.03. The summed E-state index contributed by atoms with van der Waals surface area (Å²) in [6.07, 6.45) is 2.44. The molecule has 1 aromatic rings. The van der Waals surface area contributed by atoms with Gasteiger partial charge in [0, 0.05) is 6.54 Å². The summed E-state index contributed by atoms with van der Waals surface area (Å²) in [6, 6.07) is -0.472. The maximum atomic E-state index is 11.3. The molecule has 0 aliphatic heterocycles. The quantitative estimate of drug-likeness (QED) is 0.782. The Balaban J connectivity index is 2.80. The molecule has 2 N–H and O–H groups in total. The highest BCUT2D eigenvalue weighted by molar-refractivity contribution is 9.10. The average molecular weight is 317 g/mol. The number of carbonyl (C=O) groups is 1. The molecule has 1 aromatic heterocycles. The van der Waals surface area contributed by atoms with Gasteiger partial charge in [0.15, 0.2) is 0 Å². The molecule has 0 amide bonds. The second kappa shape index (κ2) is 7.15. The number of nitrogens with one attached hydrogen (secondary N) is 2. The van der Waals surface area contributed by atoms with Gasteiger partial charge < -0.3 is 15.4 Å². The van der Waals surface area contributed by atoms with Crippen LogP contribution in [0.25, 0.3) is 0 Å². The molecule has 1 unspecified atom stereocenters. The van der Waals surface area contributed by atoms with Crippen molar-refractivity contribution in [2.45, 2.75) is 26.3 Å². The van der Waals surface area contributed by atoms with Gasteiger partial charge in [0.2, 0.25) is 0 Å². The topological polar surface area (TPSA) is 76.1 Å². The van der Waals surface area contributed by atoms with Crippen molar-refractivity contribution in [1.29, 1.82) is 0 Å². The molecule has 1 heterocycles. The van der Waals surface area contributed by atoms with Crippen molar-refractivity contribution < 1.29 is 9.53 Å². The molecule has 0 bridgehead atoms. The van der Waals surface area contributed by atoms with Crippen molar-refractivity contribution in [3.05, 3.63) is 10.8 Å². The maximum Gasteiger partial charge on any atom is 0.328 e. The fraction of sp³-hybridized carbons (Fsp3) is 0.545. The van der Waals surface area contributed by atoms with E-state index in [9.17, 15) is 4.79 Å². The first-order valence-corrected chi connectivity index (χ1v) is 6.48. The number of ether oxygens (including phenoxy) is 1. The van der Waals surface area contributed by atoms with Crippen molar-refractivity contribution in [2.24, 2.45) is 0 Å². The van der Waals surface area contributed by atoms with Gasteiger partial charge in [-0.05, 0) is 29.3 Å². The van der Waals surface area contributed by atoms with Gasteiger partial charge in [-0.25, -0.2) is 14.8 Å². The molecule has 0 aromatic carbocycles. The minimum atomic E-state index is -0.472. The Morgan fingerprint density at radius 3 is 2.78 bits per heavy atom. The van der Waals surface area contributed by atoms with Crippen LogP contribution in [0.1, 0.15) is 20.3 Å². The Hall–Kier alpha value is -1.37. The highest BCUT2D eigenvalue weighted by Crippen LogP contribution is 2.26. The molecule has 1 atom stereocenters. The first-order chi connectivity index (χ1) is 8.60. The Labute approximate surface area is 115 Å². The summed E-state index contributed by atoms with van der Waals surface area (Å²) in [5.74, 6) is 0.913. The minimum absolute atomic E-state index is 0.344. The van der Waals surface area contributed by atoms with Crippen LogP contribution in [0.4, 0.5) is 11.6 Å². The standard InChI is InChI=1S/C11H17BrN4O2/c1-4-5-13-9-8(12)10(15-6-14-9)16-7(2)11(17)18-3/h6-7H,4-5H2,1-3H3,(H2,13,14,15,16). The van der Waals surface area contributed by atoms with Crippen LogP contribution in [0.15, 0.2) is 10.8 Å². The van der Waals surface area contributed by atoms with Crippen molar-refractivity contribution in [3.63, 3.8) is 0 Å². The van der Waals surface area contributed by atoms with Gasteiger partial charge in [-0.2, -0.15) is 0 Å². The zero-order chi connectivity index (χ0) is 13.5. The van der Waals surface area contributed by atoms with Gasteiger partial charge in [0.1, 0.15) is 28.5 Å². The number of nitrogens with zero attached hydrogens (tertiary/aromatic N) is 2. The lowest BCUT2D eigenvalue weighted by Gasteiger charge is -2.14. The van der Waals surface area contributed by atoms with Gasteiger partial charge in [-0.3, -0.25) is 0 Å². The van der Waals surface area contributed by atoms with Crippen molar-refractivity contribution >= 4 is 33.5 Å². The van der Waals surface area contributed by atoms with E-state index in [4.69, 9.17) is 0 Å². The monoisotopic (exact) mass is 316 g/mol. The molecule has 0 radical (unpaired) electrons. The van der Waals surface area contributed by atoms with E-state index in [-0.39, 0.29) is 5.97 Å². The molecule has 7 heteroatoms. The lowest BCUT2D eigenvalue weighted by molar-refractivity contribution is -0.141. The number of methoxy groups -OCH3 is 1. The van der Waals surface area contributed by atoms with Crippen LogP contribution >= 0.6 is 15.9 Å². The van der Waals surface area contributed by atoms with E-state index in [1.165, 1.54) is 13.4 Å². The molecule has 100 valence electrons. The van der Waals surface area contributed by atoms with Crippen LogP contribution in [0, 0.1) is 0 Å². The Morgan fingerprint density at radius 1 is 1.50 bits per heavy atom. The van der Waals surface area contributed by atoms with Gasteiger partial charge in [0.05, 0.1) is 7.11 Å². The van der Waals surface area contributed by atoms with E-state index in [1.54, 1.807) is 6.92 Å². The molecule has 0 fully saturated rings. The molecule has 0 saturated carbocycles. The summed E-state index contributed by atoms with van der Waals surface area (Å²) in [5, 5.41) is 6.13. The molecular formula is C11H17BrN4O2. The van der Waals surface area contributed by atoms with Crippen LogP contribution in [0.5, 0.6) is 0 Å². The normalized spacial score (nSPS) is 11.8. The Bertz CT molecular complexity index is 414. The predicted molar refractivity (Wildman–Crippen MR) is 73.6 cm³/mol. The molecule has 18 heavy (non-hydrogen) atoms. The van der Waals surface area contributed by atoms with Gasteiger partial charge in [0.25, 0.3) is 0 Å². The molecule has 0 aliphatic rings. The SMILES string of the molecule is CCCNc1ncnc(NC(C)C(=O)OC)c1Br. The van der Waals surface area contributed by atoms with Crippen LogP contribution in [0.3, 0.4) is 0 Å². The van der Waals surface area contributed by atoms with Gasteiger partial charge >= 0.3 is 5.97 Å². The summed E-state index contributed by atoms with van der Waals surface area (Å²) < 4.78 is 5.35. The summed E-state index contributed by atoms with van der Waals surface area (Å²) in [7, 11) is 1.35. The van der Waals surface area contributed by atoms with Crippen LogP contribution in [-0.4, -0.2) is 35.6 Å². The van der Waals surface area contributed by atoms with E-state index in [0.29, 0.717) is 16.1 Å². The highest BCUT2D eigenvalue weighted by atomic mass is 79.9. The number of hydrogen-bond donors (Lipinski definition) is 2. The molecule has 0 spiro atoms. The second-order valence-corrected chi connectivity index (χ2v) is 4.49. The number of rotatable bonds is 6. The number of anilines is 2. The van der Waals surface area contributed by atoms with E-state index in [2.05, 4.69) is 48.2 Å². The molecule has 1 rings (SSSR count). The lowest BCUT2D eigenvalue weighted by Crippen LogP contribution is -2.28. The molecule has 6 nitrogen and oxygen atoms in total. The van der Waals surface area contributed by atoms with E-state index >= 15 is 0 Å². The molecule has 0 aliphatic carbocycles. The van der Waals surface area contributed by atoms with Crippen LogP contribution in [-0.2, 0) is 9.53 Å². The number of halogens is 1. The summed E-state index contributed by atoms with van der Waals surface area (Å²) >= 11 is 3.41. The molecular weight excluding hydrogens is 300 g/mol. The van der Waals surface area contributed by atoms with Crippen LogP contribution < -0.4 is 10.6 Å². The van der Waals surface area contributed by atoms with Crippen molar-refractivity contribution in [2.75, 3.05) is 24.3 Å². The Kier molecular flexibility index (Phi) is 5.84. The van der Waals surface area contributed by atoms with E-state index in [0.717, 1.165) is 13.0 Å². The first-order valence-electron chi connectivity index (χ1n) is 5.68. The first kappa shape index (κ1) is 14.7. The minimum Gasteiger partial charge on any atom is -0.467 e. The van der Waals surface area contributed by atoms with Gasteiger partial charge in [-0.1, -0.05) is 6.92 Å². The summed E-state index contributed by atoms with van der Waals surface area (Å²) in [5.41, 5.74) is 0. The number of esters is 1. The third-order valence-corrected chi connectivity index (χ3v) is 2.99. The Morgan fingerprint density at radius 2 is 2.17 bits per heavy atom. The summed E-state index contributed by atoms with van der Waals surface area (Å²) in [4.78, 5) is 19.5. The smallest absolute Gasteiger partial charge is 0.328 e. The van der Waals surface area contributed by atoms with Gasteiger partial charge in [-0.15, -0.1) is 0 Å². The number of aromatic nitrogens is 2. The second-order valence-electron chi connectivity index (χ2n) is 3.70. The molecule has 0 saturated heterocycles. The number of carbonyl (C=O) groups excluding carboxylic acids is 1.